The fraction of sp³-hybridized carbons (Fsp3) is 0.333. The van der Waals surface area contributed by atoms with Crippen LogP contribution >= 0.6 is 0 Å². The molecule has 0 amide bonds. The first kappa shape index (κ1) is 26.6. The van der Waals surface area contributed by atoms with Crippen LogP contribution in [0, 0.1) is 5.92 Å². The lowest BCUT2D eigenvalue weighted by molar-refractivity contribution is 0.263. The van der Waals surface area contributed by atoms with Gasteiger partial charge in [0.05, 0.1) is 6.61 Å². The first-order chi connectivity index (χ1) is 19.8. The van der Waals surface area contributed by atoms with E-state index < -0.39 is 0 Å². The Kier molecular flexibility index (Phi) is 8.46. The number of aliphatic hydroxyl groups is 1. The molecule has 0 aromatic heterocycles. The van der Waals surface area contributed by atoms with Crippen molar-refractivity contribution in [1.29, 1.82) is 0 Å². The standard InChI is InChI=1S/C36H39NO3/c38-25-34-35(36(34)31-15-19-33(20-16-31)40-26-27-7-2-1-3-8-27)30-11-9-28(10-12-30)29-13-17-32(18-14-29)39-24-6-23-37-21-4-5-22-37/h1-3,7-20,34-36,38H,4-6,21-26H2. The Hall–Kier alpha value is -3.60. The first-order valence-electron chi connectivity index (χ1n) is 14.7. The van der Waals surface area contributed by atoms with Crippen molar-refractivity contribution >= 4 is 0 Å². The Morgan fingerprint density at radius 2 is 1.20 bits per heavy atom. The lowest BCUT2D eigenvalue weighted by atomic mass is 10.00. The van der Waals surface area contributed by atoms with Crippen molar-refractivity contribution in [3.63, 3.8) is 0 Å². The summed E-state index contributed by atoms with van der Waals surface area (Å²) in [6.45, 7) is 5.15. The number of likely N-dealkylation sites (tertiary alicyclic amines) is 1. The Morgan fingerprint density at radius 3 is 1.82 bits per heavy atom. The molecule has 3 unspecified atom stereocenters. The van der Waals surface area contributed by atoms with Gasteiger partial charge in [0.25, 0.3) is 0 Å². The zero-order chi connectivity index (χ0) is 27.1. The van der Waals surface area contributed by atoms with Crippen molar-refractivity contribution < 1.29 is 14.6 Å². The summed E-state index contributed by atoms with van der Waals surface area (Å²) in [7, 11) is 0. The minimum atomic E-state index is 0.197. The number of hydrogen-bond acceptors (Lipinski definition) is 4. The predicted octanol–water partition coefficient (Wildman–Crippen LogP) is 7.29. The van der Waals surface area contributed by atoms with Crippen LogP contribution in [0.3, 0.4) is 0 Å². The van der Waals surface area contributed by atoms with Crippen molar-refractivity contribution in [1.82, 2.24) is 4.90 Å². The SMILES string of the molecule is OCC1C(c2ccc(OCc3ccccc3)cc2)C1c1ccc(-c2ccc(OCCCN3CCCC3)cc2)cc1. The molecule has 1 heterocycles. The highest BCUT2D eigenvalue weighted by Gasteiger charge is 2.51. The second-order valence-electron chi connectivity index (χ2n) is 11.1. The largest absolute Gasteiger partial charge is 0.494 e. The van der Waals surface area contributed by atoms with Crippen LogP contribution in [0.15, 0.2) is 103 Å². The molecule has 4 aromatic rings. The molecule has 1 aliphatic heterocycles. The van der Waals surface area contributed by atoms with Gasteiger partial charge >= 0.3 is 0 Å². The summed E-state index contributed by atoms with van der Waals surface area (Å²) in [6, 6.07) is 35.9. The topological polar surface area (TPSA) is 41.9 Å². The molecule has 6 rings (SSSR count). The molecule has 4 nitrogen and oxygen atoms in total. The molecule has 4 heteroatoms. The number of aliphatic hydroxyl groups excluding tert-OH is 1. The Labute approximate surface area is 238 Å². The van der Waals surface area contributed by atoms with Gasteiger partial charge in [0.15, 0.2) is 0 Å². The summed E-state index contributed by atoms with van der Waals surface area (Å²) in [4.78, 5) is 2.53. The zero-order valence-electron chi connectivity index (χ0n) is 23.1. The van der Waals surface area contributed by atoms with Gasteiger partial charge in [-0.15, -0.1) is 0 Å². The van der Waals surface area contributed by atoms with Crippen molar-refractivity contribution in [3.8, 4) is 22.6 Å². The van der Waals surface area contributed by atoms with E-state index in [-0.39, 0.29) is 12.5 Å². The van der Waals surface area contributed by atoms with E-state index in [2.05, 4.69) is 77.7 Å². The van der Waals surface area contributed by atoms with Crippen molar-refractivity contribution in [3.05, 3.63) is 120 Å². The Balaban J connectivity index is 1.02. The second-order valence-corrected chi connectivity index (χ2v) is 11.1. The average molecular weight is 534 g/mol. The molecule has 0 spiro atoms. The van der Waals surface area contributed by atoms with Gasteiger partial charge in [0, 0.05) is 13.2 Å². The third-order valence-corrected chi connectivity index (χ3v) is 8.46. The average Bonchev–Trinajstić information content (AvgIpc) is 3.52. The maximum absolute atomic E-state index is 10.1. The highest BCUT2D eigenvalue weighted by Crippen LogP contribution is 2.60. The maximum Gasteiger partial charge on any atom is 0.119 e. The van der Waals surface area contributed by atoms with Crippen molar-refractivity contribution in [2.75, 3.05) is 32.8 Å². The Morgan fingerprint density at radius 1 is 0.650 bits per heavy atom. The van der Waals surface area contributed by atoms with Gasteiger partial charge in [-0.25, -0.2) is 0 Å². The van der Waals surface area contributed by atoms with E-state index in [1.807, 2.05) is 30.3 Å². The summed E-state index contributed by atoms with van der Waals surface area (Å²) >= 11 is 0. The molecule has 1 saturated carbocycles. The van der Waals surface area contributed by atoms with Gasteiger partial charge in [-0.1, -0.05) is 78.9 Å². The lowest BCUT2D eigenvalue weighted by Crippen LogP contribution is -2.21. The monoisotopic (exact) mass is 533 g/mol. The van der Waals surface area contributed by atoms with Crippen LogP contribution in [0.4, 0.5) is 0 Å². The highest BCUT2D eigenvalue weighted by molar-refractivity contribution is 5.65. The molecule has 1 aliphatic carbocycles. The normalized spacial score (nSPS) is 20.4. The molecule has 0 radical (unpaired) electrons. The van der Waals surface area contributed by atoms with Crippen LogP contribution in [0.1, 0.15) is 47.8 Å². The third kappa shape index (κ3) is 6.41. The van der Waals surface area contributed by atoms with Crippen LogP contribution in [-0.2, 0) is 6.61 Å². The third-order valence-electron chi connectivity index (χ3n) is 8.46. The molecule has 4 aromatic carbocycles. The number of rotatable bonds is 12. The molecule has 2 aliphatic rings. The summed E-state index contributed by atoms with van der Waals surface area (Å²) in [5, 5.41) is 10.1. The van der Waals surface area contributed by atoms with Crippen LogP contribution < -0.4 is 9.47 Å². The number of ether oxygens (including phenoxy) is 2. The molecular weight excluding hydrogens is 494 g/mol. The minimum absolute atomic E-state index is 0.197. The lowest BCUT2D eigenvalue weighted by Gasteiger charge is -2.14. The van der Waals surface area contributed by atoms with Gasteiger partial charge in [0.1, 0.15) is 18.1 Å². The molecular formula is C36H39NO3. The molecule has 40 heavy (non-hydrogen) atoms. The molecule has 2 fully saturated rings. The molecule has 0 bridgehead atoms. The minimum Gasteiger partial charge on any atom is -0.494 e. The van der Waals surface area contributed by atoms with Crippen molar-refractivity contribution in [2.45, 2.75) is 37.7 Å². The zero-order valence-corrected chi connectivity index (χ0v) is 23.1. The fourth-order valence-corrected chi connectivity index (χ4v) is 6.16. The smallest absolute Gasteiger partial charge is 0.119 e. The van der Waals surface area contributed by atoms with E-state index in [9.17, 15) is 5.11 Å². The number of nitrogens with zero attached hydrogens (tertiary/aromatic N) is 1. The summed E-state index contributed by atoms with van der Waals surface area (Å²) in [6.07, 6.45) is 3.75. The highest BCUT2D eigenvalue weighted by atomic mass is 16.5. The van der Waals surface area contributed by atoms with Crippen LogP contribution in [0.25, 0.3) is 11.1 Å². The summed E-state index contributed by atoms with van der Waals surface area (Å²) in [5.41, 5.74) is 6.09. The molecule has 1 saturated heterocycles. The Bertz CT molecular complexity index is 1330. The number of hydrogen-bond donors (Lipinski definition) is 1. The van der Waals surface area contributed by atoms with Crippen LogP contribution in [0.2, 0.25) is 0 Å². The second kappa shape index (κ2) is 12.7. The van der Waals surface area contributed by atoms with Gasteiger partial charge in [-0.3, -0.25) is 0 Å². The van der Waals surface area contributed by atoms with E-state index >= 15 is 0 Å². The van der Waals surface area contributed by atoms with Gasteiger partial charge < -0.3 is 19.5 Å². The summed E-state index contributed by atoms with van der Waals surface area (Å²) in [5.74, 6) is 2.73. The summed E-state index contributed by atoms with van der Waals surface area (Å²) < 4.78 is 11.9. The molecule has 206 valence electrons. The van der Waals surface area contributed by atoms with E-state index in [0.717, 1.165) is 36.6 Å². The van der Waals surface area contributed by atoms with Gasteiger partial charge in [-0.2, -0.15) is 0 Å². The predicted molar refractivity (Wildman–Crippen MR) is 161 cm³/mol. The van der Waals surface area contributed by atoms with Gasteiger partial charge in [0.2, 0.25) is 0 Å². The fourth-order valence-electron chi connectivity index (χ4n) is 6.16. The first-order valence-corrected chi connectivity index (χ1v) is 14.7. The van der Waals surface area contributed by atoms with Crippen LogP contribution in [0.5, 0.6) is 11.5 Å². The molecule has 1 N–H and O–H groups in total. The van der Waals surface area contributed by atoms with E-state index in [0.29, 0.717) is 18.4 Å². The molecule has 3 atom stereocenters. The quantitative estimate of drug-likeness (QED) is 0.194. The van der Waals surface area contributed by atoms with Crippen LogP contribution in [-0.4, -0.2) is 42.9 Å². The van der Waals surface area contributed by atoms with E-state index in [4.69, 9.17) is 9.47 Å². The van der Waals surface area contributed by atoms with E-state index in [1.54, 1.807) is 0 Å². The van der Waals surface area contributed by atoms with Gasteiger partial charge in [-0.05, 0) is 102 Å². The maximum atomic E-state index is 10.1. The number of benzene rings is 4. The van der Waals surface area contributed by atoms with Crippen molar-refractivity contribution in [2.24, 2.45) is 5.92 Å². The van der Waals surface area contributed by atoms with E-state index in [1.165, 1.54) is 48.2 Å².